The summed E-state index contributed by atoms with van der Waals surface area (Å²) in [4.78, 5) is 2.47. The zero-order valence-electron chi connectivity index (χ0n) is 12.5. The third-order valence-electron chi connectivity index (χ3n) is 4.01. The summed E-state index contributed by atoms with van der Waals surface area (Å²) in [5, 5.41) is 5.19. The van der Waals surface area contributed by atoms with Crippen LogP contribution in [0.15, 0.2) is 24.3 Å². The summed E-state index contributed by atoms with van der Waals surface area (Å²) in [5.74, 6) is 0. The standard InChI is InChI=1S/C16H21ClN4/c1-11-16(17)15(20(2)19-11)10-21(14-6-7-14)9-12-4-3-5-13(18)8-12/h3-5,8,14H,6-7,9-10,18H2,1-2H3. The Kier molecular flexibility index (Phi) is 3.91. The van der Waals surface area contributed by atoms with E-state index in [9.17, 15) is 0 Å². The van der Waals surface area contributed by atoms with Gasteiger partial charge in [0, 0.05) is 31.9 Å². The molecule has 0 unspecified atom stereocenters. The molecule has 0 atom stereocenters. The van der Waals surface area contributed by atoms with Crippen molar-refractivity contribution in [3.05, 3.63) is 46.2 Å². The van der Waals surface area contributed by atoms with Gasteiger partial charge in [0.15, 0.2) is 0 Å². The Morgan fingerprint density at radius 1 is 1.38 bits per heavy atom. The van der Waals surface area contributed by atoms with Crippen LogP contribution in [0.2, 0.25) is 5.02 Å². The molecule has 1 saturated carbocycles. The van der Waals surface area contributed by atoms with E-state index in [1.54, 1.807) is 0 Å². The molecule has 0 bridgehead atoms. The van der Waals surface area contributed by atoms with Crippen molar-refractivity contribution >= 4 is 17.3 Å². The normalized spacial score (nSPS) is 14.9. The van der Waals surface area contributed by atoms with Crippen LogP contribution in [0.4, 0.5) is 5.69 Å². The Labute approximate surface area is 130 Å². The van der Waals surface area contributed by atoms with Crippen LogP contribution in [0.5, 0.6) is 0 Å². The minimum atomic E-state index is 0.651. The van der Waals surface area contributed by atoms with E-state index in [0.29, 0.717) is 6.04 Å². The first kappa shape index (κ1) is 14.4. The van der Waals surface area contributed by atoms with Crippen molar-refractivity contribution in [3.63, 3.8) is 0 Å². The maximum Gasteiger partial charge on any atom is 0.0860 e. The molecule has 0 amide bonds. The van der Waals surface area contributed by atoms with E-state index in [4.69, 9.17) is 17.3 Å². The molecule has 1 aromatic carbocycles. The molecular formula is C16H21ClN4. The SMILES string of the molecule is Cc1nn(C)c(CN(Cc2cccc(N)c2)C2CC2)c1Cl. The van der Waals surface area contributed by atoms with Gasteiger partial charge in [-0.1, -0.05) is 23.7 Å². The molecular weight excluding hydrogens is 284 g/mol. The zero-order valence-corrected chi connectivity index (χ0v) is 13.3. The second-order valence-corrected chi connectivity index (χ2v) is 6.23. The first-order chi connectivity index (χ1) is 10.0. The smallest absolute Gasteiger partial charge is 0.0860 e. The van der Waals surface area contributed by atoms with Crippen LogP contribution in [-0.4, -0.2) is 20.7 Å². The molecule has 1 fully saturated rings. The molecule has 21 heavy (non-hydrogen) atoms. The number of benzene rings is 1. The van der Waals surface area contributed by atoms with Gasteiger partial charge in [-0.15, -0.1) is 0 Å². The molecule has 0 aliphatic heterocycles. The molecule has 0 saturated heterocycles. The number of nitrogens with two attached hydrogens (primary N) is 1. The van der Waals surface area contributed by atoms with Crippen LogP contribution in [-0.2, 0) is 20.1 Å². The van der Waals surface area contributed by atoms with E-state index in [2.05, 4.69) is 16.1 Å². The first-order valence-electron chi connectivity index (χ1n) is 7.31. The van der Waals surface area contributed by atoms with Crippen molar-refractivity contribution in [2.75, 3.05) is 5.73 Å². The van der Waals surface area contributed by atoms with E-state index in [-0.39, 0.29) is 0 Å². The molecule has 5 heteroatoms. The van der Waals surface area contributed by atoms with Crippen molar-refractivity contribution in [2.45, 2.75) is 38.9 Å². The van der Waals surface area contributed by atoms with Gasteiger partial charge >= 0.3 is 0 Å². The molecule has 1 heterocycles. The number of hydrogen-bond donors (Lipinski definition) is 1. The quantitative estimate of drug-likeness (QED) is 0.863. The van der Waals surface area contributed by atoms with Gasteiger partial charge < -0.3 is 5.73 Å². The van der Waals surface area contributed by atoms with Gasteiger partial charge in [0.2, 0.25) is 0 Å². The highest BCUT2D eigenvalue weighted by atomic mass is 35.5. The second-order valence-electron chi connectivity index (χ2n) is 5.85. The molecule has 1 aliphatic carbocycles. The summed E-state index contributed by atoms with van der Waals surface area (Å²) in [5.41, 5.74) is 9.93. The number of anilines is 1. The molecule has 1 aromatic heterocycles. The van der Waals surface area contributed by atoms with Crippen LogP contribution in [0.1, 0.15) is 29.8 Å². The van der Waals surface area contributed by atoms with Gasteiger partial charge in [-0.05, 0) is 37.5 Å². The lowest BCUT2D eigenvalue weighted by Crippen LogP contribution is -2.26. The maximum absolute atomic E-state index is 6.38. The van der Waals surface area contributed by atoms with Gasteiger partial charge in [-0.25, -0.2) is 0 Å². The minimum absolute atomic E-state index is 0.651. The van der Waals surface area contributed by atoms with Crippen molar-refractivity contribution in [3.8, 4) is 0 Å². The van der Waals surface area contributed by atoms with Crippen LogP contribution in [0.3, 0.4) is 0 Å². The zero-order chi connectivity index (χ0) is 15.0. The van der Waals surface area contributed by atoms with Crippen molar-refractivity contribution in [2.24, 2.45) is 7.05 Å². The number of aromatic nitrogens is 2. The molecule has 112 valence electrons. The molecule has 3 rings (SSSR count). The highest BCUT2D eigenvalue weighted by Gasteiger charge is 2.30. The fraction of sp³-hybridized carbons (Fsp3) is 0.438. The van der Waals surface area contributed by atoms with Crippen LogP contribution in [0.25, 0.3) is 0 Å². The van der Waals surface area contributed by atoms with Gasteiger partial charge in [0.05, 0.1) is 16.4 Å². The molecule has 0 spiro atoms. The van der Waals surface area contributed by atoms with Gasteiger partial charge in [-0.3, -0.25) is 9.58 Å². The lowest BCUT2D eigenvalue weighted by Gasteiger charge is -2.22. The lowest BCUT2D eigenvalue weighted by atomic mass is 10.2. The molecule has 0 radical (unpaired) electrons. The van der Waals surface area contributed by atoms with Crippen molar-refractivity contribution in [1.29, 1.82) is 0 Å². The molecule has 1 aliphatic rings. The Balaban J connectivity index is 1.79. The van der Waals surface area contributed by atoms with E-state index >= 15 is 0 Å². The van der Waals surface area contributed by atoms with Gasteiger partial charge in [0.1, 0.15) is 0 Å². The summed E-state index contributed by atoms with van der Waals surface area (Å²) >= 11 is 6.38. The topological polar surface area (TPSA) is 47.1 Å². The van der Waals surface area contributed by atoms with Crippen LogP contribution >= 0.6 is 11.6 Å². The second kappa shape index (κ2) is 5.70. The third kappa shape index (κ3) is 3.22. The summed E-state index contributed by atoms with van der Waals surface area (Å²) in [6.45, 7) is 3.68. The van der Waals surface area contributed by atoms with E-state index < -0.39 is 0 Å². The number of halogens is 1. The van der Waals surface area contributed by atoms with E-state index in [0.717, 1.165) is 35.2 Å². The number of rotatable bonds is 5. The predicted molar refractivity (Wildman–Crippen MR) is 86.1 cm³/mol. The predicted octanol–water partition coefficient (Wildman–Crippen LogP) is 3.13. The number of nitrogens with zero attached hydrogens (tertiary/aromatic N) is 3. The summed E-state index contributed by atoms with van der Waals surface area (Å²) in [7, 11) is 1.96. The average molecular weight is 305 g/mol. The van der Waals surface area contributed by atoms with Crippen LogP contribution < -0.4 is 5.73 Å². The number of hydrogen-bond acceptors (Lipinski definition) is 3. The summed E-state index contributed by atoms with van der Waals surface area (Å²) in [6.07, 6.45) is 2.52. The highest BCUT2D eigenvalue weighted by Crippen LogP contribution is 2.31. The fourth-order valence-corrected chi connectivity index (χ4v) is 2.94. The van der Waals surface area contributed by atoms with Crippen molar-refractivity contribution in [1.82, 2.24) is 14.7 Å². The summed E-state index contributed by atoms with van der Waals surface area (Å²) in [6, 6.07) is 8.76. The maximum atomic E-state index is 6.38. The largest absolute Gasteiger partial charge is 0.399 e. The number of nitrogen functional groups attached to an aromatic ring is 1. The molecule has 2 N–H and O–H groups in total. The summed E-state index contributed by atoms with van der Waals surface area (Å²) < 4.78 is 1.90. The minimum Gasteiger partial charge on any atom is -0.399 e. The monoisotopic (exact) mass is 304 g/mol. The van der Waals surface area contributed by atoms with E-state index in [1.807, 2.05) is 36.9 Å². The van der Waals surface area contributed by atoms with E-state index in [1.165, 1.54) is 18.4 Å². The first-order valence-corrected chi connectivity index (χ1v) is 7.69. The van der Waals surface area contributed by atoms with Gasteiger partial charge in [0.25, 0.3) is 0 Å². The Morgan fingerprint density at radius 2 is 2.14 bits per heavy atom. The lowest BCUT2D eigenvalue weighted by molar-refractivity contribution is 0.239. The number of aryl methyl sites for hydroxylation is 2. The molecule has 2 aromatic rings. The van der Waals surface area contributed by atoms with Crippen molar-refractivity contribution < 1.29 is 0 Å². The Hall–Kier alpha value is -1.52. The van der Waals surface area contributed by atoms with Gasteiger partial charge in [-0.2, -0.15) is 5.10 Å². The Morgan fingerprint density at radius 3 is 2.71 bits per heavy atom. The fourth-order valence-electron chi connectivity index (χ4n) is 2.72. The molecule has 4 nitrogen and oxygen atoms in total. The van der Waals surface area contributed by atoms with Crippen LogP contribution in [0, 0.1) is 6.92 Å². The third-order valence-corrected chi connectivity index (χ3v) is 4.51. The Bertz CT molecular complexity index is 646. The highest BCUT2D eigenvalue weighted by molar-refractivity contribution is 6.31. The average Bonchev–Trinajstić information content (AvgIpc) is 3.23.